The van der Waals surface area contributed by atoms with Crippen molar-refractivity contribution in [2.45, 2.75) is 6.92 Å². The van der Waals surface area contributed by atoms with E-state index in [1.165, 1.54) is 18.2 Å². The Labute approximate surface area is 145 Å². The van der Waals surface area contributed by atoms with Crippen LogP contribution in [0.4, 0.5) is 10.1 Å². The van der Waals surface area contributed by atoms with Crippen LogP contribution in [-0.4, -0.2) is 10.9 Å². The first kappa shape index (κ1) is 15.8. The summed E-state index contributed by atoms with van der Waals surface area (Å²) in [5.41, 5.74) is 2.80. The standard InChI is InChI=1S/C17H12BrFN2OS/c1-10-20-16(9-23-10)11-2-5-13(6-3-11)21-17(22)14-8-12(19)4-7-15(14)18/h2-9H,1H3,(H,21,22). The first-order valence-electron chi connectivity index (χ1n) is 6.82. The topological polar surface area (TPSA) is 42.0 Å². The second-order valence-electron chi connectivity index (χ2n) is 4.91. The number of hydrogen-bond acceptors (Lipinski definition) is 3. The molecular weight excluding hydrogens is 379 g/mol. The molecule has 0 spiro atoms. The van der Waals surface area contributed by atoms with E-state index < -0.39 is 5.82 Å². The summed E-state index contributed by atoms with van der Waals surface area (Å²) in [7, 11) is 0. The van der Waals surface area contributed by atoms with Crippen LogP contribution < -0.4 is 5.32 Å². The van der Waals surface area contributed by atoms with Crippen molar-refractivity contribution in [2.24, 2.45) is 0 Å². The van der Waals surface area contributed by atoms with Crippen LogP contribution in [0.25, 0.3) is 11.3 Å². The highest BCUT2D eigenvalue weighted by molar-refractivity contribution is 9.10. The lowest BCUT2D eigenvalue weighted by atomic mass is 10.1. The molecule has 1 N–H and O–H groups in total. The van der Waals surface area contributed by atoms with E-state index in [-0.39, 0.29) is 11.5 Å². The Balaban J connectivity index is 1.78. The van der Waals surface area contributed by atoms with Crippen molar-refractivity contribution < 1.29 is 9.18 Å². The number of anilines is 1. The number of nitrogens with zero attached hydrogens (tertiary/aromatic N) is 1. The van der Waals surface area contributed by atoms with Gasteiger partial charge in [-0.15, -0.1) is 11.3 Å². The monoisotopic (exact) mass is 390 g/mol. The lowest BCUT2D eigenvalue weighted by Gasteiger charge is -2.07. The number of nitrogens with one attached hydrogen (secondary N) is 1. The molecule has 0 atom stereocenters. The molecule has 0 aliphatic rings. The molecule has 3 aromatic rings. The lowest BCUT2D eigenvalue weighted by Crippen LogP contribution is -2.12. The quantitative estimate of drug-likeness (QED) is 0.661. The SMILES string of the molecule is Cc1nc(-c2ccc(NC(=O)c3cc(F)ccc3Br)cc2)cs1. The molecule has 2 aromatic carbocycles. The lowest BCUT2D eigenvalue weighted by molar-refractivity contribution is 0.102. The van der Waals surface area contributed by atoms with Crippen molar-refractivity contribution >= 4 is 38.9 Å². The van der Waals surface area contributed by atoms with Gasteiger partial charge in [-0.05, 0) is 53.2 Å². The molecule has 0 aliphatic heterocycles. The van der Waals surface area contributed by atoms with Crippen LogP contribution in [0.15, 0.2) is 52.3 Å². The van der Waals surface area contributed by atoms with Crippen LogP contribution in [-0.2, 0) is 0 Å². The van der Waals surface area contributed by atoms with Crippen molar-refractivity contribution in [3.63, 3.8) is 0 Å². The molecule has 1 aromatic heterocycles. The Morgan fingerprint density at radius 2 is 1.96 bits per heavy atom. The van der Waals surface area contributed by atoms with E-state index in [0.717, 1.165) is 16.3 Å². The zero-order valence-corrected chi connectivity index (χ0v) is 14.5. The minimum atomic E-state index is -0.451. The zero-order valence-electron chi connectivity index (χ0n) is 12.1. The average Bonchev–Trinajstić information content (AvgIpc) is 2.97. The third-order valence-electron chi connectivity index (χ3n) is 3.23. The second kappa shape index (κ2) is 6.60. The minimum absolute atomic E-state index is 0.254. The largest absolute Gasteiger partial charge is 0.322 e. The molecule has 0 radical (unpaired) electrons. The van der Waals surface area contributed by atoms with E-state index in [2.05, 4.69) is 26.2 Å². The van der Waals surface area contributed by atoms with Crippen LogP contribution in [0.5, 0.6) is 0 Å². The van der Waals surface area contributed by atoms with Crippen molar-refractivity contribution in [3.05, 3.63) is 68.7 Å². The van der Waals surface area contributed by atoms with Gasteiger partial charge in [-0.2, -0.15) is 0 Å². The van der Waals surface area contributed by atoms with Gasteiger partial charge in [0.05, 0.1) is 16.3 Å². The highest BCUT2D eigenvalue weighted by Gasteiger charge is 2.11. The Morgan fingerprint density at radius 3 is 2.61 bits per heavy atom. The number of carbonyl (C=O) groups is 1. The molecule has 3 nitrogen and oxygen atoms in total. The van der Waals surface area contributed by atoms with Gasteiger partial charge in [-0.1, -0.05) is 12.1 Å². The molecular formula is C17H12BrFN2OS. The molecule has 23 heavy (non-hydrogen) atoms. The fourth-order valence-electron chi connectivity index (χ4n) is 2.09. The third kappa shape index (κ3) is 3.65. The van der Waals surface area contributed by atoms with E-state index in [0.29, 0.717) is 10.2 Å². The van der Waals surface area contributed by atoms with E-state index in [1.807, 2.05) is 24.4 Å². The maximum atomic E-state index is 13.3. The summed E-state index contributed by atoms with van der Waals surface area (Å²) in [5.74, 6) is -0.818. The van der Waals surface area contributed by atoms with E-state index in [4.69, 9.17) is 0 Å². The summed E-state index contributed by atoms with van der Waals surface area (Å²) in [4.78, 5) is 16.7. The molecule has 0 aliphatic carbocycles. The molecule has 1 amide bonds. The van der Waals surface area contributed by atoms with Crippen LogP contribution >= 0.6 is 27.3 Å². The van der Waals surface area contributed by atoms with Gasteiger partial charge in [0.2, 0.25) is 0 Å². The Morgan fingerprint density at radius 1 is 1.22 bits per heavy atom. The van der Waals surface area contributed by atoms with Crippen LogP contribution in [0, 0.1) is 12.7 Å². The van der Waals surface area contributed by atoms with E-state index in [1.54, 1.807) is 23.5 Å². The summed E-state index contributed by atoms with van der Waals surface area (Å²) in [6.07, 6.45) is 0. The maximum absolute atomic E-state index is 13.3. The number of aryl methyl sites for hydroxylation is 1. The zero-order chi connectivity index (χ0) is 16.4. The van der Waals surface area contributed by atoms with Gasteiger partial charge in [-0.25, -0.2) is 9.37 Å². The summed E-state index contributed by atoms with van der Waals surface area (Å²) >= 11 is 4.85. The molecule has 0 bridgehead atoms. The summed E-state index contributed by atoms with van der Waals surface area (Å²) in [5, 5.41) is 5.76. The summed E-state index contributed by atoms with van der Waals surface area (Å²) < 4.78 is 13.8. The molecule has 116 valence electrons. The molecule has 6 heteroatoms. The summed E-state index contributed by atoms with van der Waals surface area (Å²) in [6.45, 7) is 1.96. The number of aromatic nitrogens is 1. The second-order valence-corrected chi connectivity index (χ2v) is 6.82. The highest BCUT2D eigenvalue weighted by Crippen LogP contribution is 2.24. The Hall–Kier alpha value is -2.05. The first-order chi connectivity index (χ1) is 11.0. The predicted octanol–water partition coefficient (Wildman–Crippen LogP) is 5.27. The first-order valence-corrected chi connectivity index (χ1v) is 8.49. The number of carbonyl (C=O) groups excluding carboxylic acids is 1. The van der Waals surface area contributed by atoms with Crippen molar-refractivity contribution in [3.8, 4) is 11.3 Å². The molecule has 0 saturated heterocycles. The average molecular weight is 391 g/mol. The third-order valence-corrected chi connectivity index (χ3v) is 4.70. The van der Waals surface area contributed by atoms with Crippen LogP contribution in [0.3, 0.4) is 0 Å². The van der Waals surface area contributed by atoms with Crippen molar-refractivity contribution in [1.29, 1.82) is 0 Å². The van der Waals surface area contributed by atoms with Crippen molar-refractivity contribution in [1.82, 2.24) is 4.98 Å². The van der Waals surface area contributed by atoms with Gasteiger partial charge in [0.25, 0.3) is 5.91 Å². The minimum Gasteiger partial charge on any atom is -0.322 e. The number of thiazole rings is 1. The highest BCUT2D eigenvalue weighted by atomic mass is 79.9. The van der Waals surface area contributed by atoms with Crippen LogP contribution in [0.2, 0.25) is 0 Å². The Kier molecular flexibility index (Phi) is 4.54. The molecule has 0 fully saturated rings. The smallest absolute Gasteiger partial charge is 0.256 e. The summed E-state index contributed by atoms with van der Waals surface area (Å²) in [6, 6.07) is 11.4. The van der Waals surface area contributed by atoms with E-state index in [9.17, 15) is 9.18 Å². The molecule has 0 saturated carbocycles. The van der Waals surface area contributed by atoms with Crippen LogP contribution in [0.1, 0.15) is 15.4 Å². The number of amides is 1. The van der Waals surface area contributed by atoms with Gasteiger partial charge in [-0.3, -0.25) is 4.79 Å². The Bertz CT molecular complexity index is 861. The van der Waals surface area contributed by atoms with E-state index >= 15 is 0 Å². The molecule has 1 heterocycles. The van der Waals surface area contributed by atoms with Gasteiger partial charge < -0.3 is 5.32 Å². The number of benzene rings is 2. The van der Waals surface area contributed by atoms with Gasteiger partial charge in [0.15, 0.2) is 0 Å². The fraction of sp³-hybridized carbons (Fsp3) is 0.0588. The molecule has 0 unspecified atom stereocenters. The van der Waals surface area contributed by atoms with Crippen molar-refractivity contribution in [2.75, 3.05) is 5.32 Å². The predicted molar refractivity (Wildman–Crippen MR) is 94.3 cm³/mol. The maximum Gasteiger partial charge on any atom is 0.256 e. The number of rotatable bonds is 3. The van der Waals surface area contributed by atoms with Gasteiger partial charge in [0, 0.05) is 21.1 Å². The normalized spacial score (nSPS) is 10.6. The molecule has 3 rings (SSSR count). The van der Waals surface area contributed by atoms with Gasteiger partial charge >= 0.3 is 0 Å². The van der Waals surface area contributed by atoms with Gasteiger partial charge in [0.1, 0.15) is 5.82 Å². The number of hydrogen-bond donors (Lipinski definition) is 1. The number of halogens is 2. The fourth-order valence-corrected chi connectivity index (χ4v) is 3.14.